The Kier molecular flexibility index (Phi) is 3.32. The SMILES string of the molecule is C=C(CC)CC1CCCNC1=O. The Morgan fingerprint density at radius 3 is 3.08 bits per heavy atom. The predicted molar refractivity (Wildman–Crippen MR) is 49.8 cm³/mol. The Hall–Kier alpha value is -0.790. The highest BCUT2D eigenvalue weighted by Crippen LogP contribution is 2.20. The summed E-state index contributed by atoms with van der Waals surface area (Å²) in [4.78, 5) is 11.3. The van der Waals surface area contributed by atoms with Crippen LogP contribution in [0.1, 0.15) is 32.6 Å². The fraction of sp³-hybridized carbons (Fsp3) is 0.700. The quantitative estimate of drug-likeness (QED) is 0.639. The van der Waals surface area contributed by atoms with E-state index in [-0.39, 0.29) is 11.8 Å². The van der Waals surface area contributed by atoms with Crippen molar-refractivity contribution in [2.75, 3.05) is 6.54 Å². The van der Waals surface area contributed by atoms with Gasteiger partial charge < -0.3 is 5.32 Å². The molecule has 1 amide bonds. The van der Waals surface area contributed by atoms with Gasteiger partial charge in [-0.15, -0.1) is 0 Å². The highest BCUT2D eigenvalue weighted by Gasteiger charge is 2.21. The minimum absolute atomic E-state index is 0.200. The molecule has 1 saturated heterocycles. The van der Waals surface area contributed by atoms with E-state index < -0.39 is 0 Å². The topological polar surface area (TPSA) is 29.1 Å². The van der Waals surface area contributed by atoms with Crippen molar-refractivity contribution in [2.45, 2.75) is 32.6 Å². The van der Waals surface area contributed by atoms with Crippen LogP contribution >= 0.6 is 0 Å². The maximum atomic E-state index is 11.3. The van der Waals surface area contributed by atoms with Gasteiger partial charge in [0.05, 0.1) is 0 Å². The largest absolute Gasteiger partial charge is 0.356 e. The zero-order valence-electron chi connectivity index (χ0n) is 7.73. The molecule has 1 atom stereocenters. The fourth-order valence-corrected chi connectivity index (χ4v) is 1.52. The van der Waals surface area contributed by atoms with E-state index >= 15 is 0 Å². The molecule has 1 unspecified atom stereocenters. The van der Waals surface area contributed by atoms with Crippen molar-refractivity contribution in [1.82, 2.24) is 5.32 Å². The molecule has 1 rings (SSSR count). The lowest BCUT2D eigenvalue weighted by Gasteiger charge is -2.22. The van der Waals surface area contributed by atoms with Gasteiger partial charge >= 0.3 is 0 Å². The zero-order valence-corrected chi connectivity index (χ0v) is 7.73. The number of amides is 1. The number of rotatable bonds is 3. The minimum Gasteiger partial charge on any atom is -0.356 e. The molecule has 1 aliphatic heterocycles. The van der Waals surface area contributed by atoms with Gasteiger partial charge in [0.2, 0.25) is 5.91 Å². The van der Waals surface area contributed by atoms with Crippen LogP contribution in [0.15, 0.2) is 12.2 Å². The smallest absolute Gasteiger partial charge is 0.223 e. The molecule has 0 radical (unpaired) electrons. The van der Waals surface area contributed by atoms with Crippen molar-refractivity contribution in [2.24, 2.45) is 5.92 Å². The van der Waals surface area contributed by atoms with E-state index in [1.165, 1.54) is 5.57 Å². The molecule has 0 aliphatic carbocycles. The third-order valence-electron chi connectivity index (χ3n) is 2.43. The van der Waals surface area contributed by atoms with E-state index in [0.29, 0.717) is 0 Å². The highest BCUT2D eigenvalue weighted by atomic mass is 16.1. The fourth-order valence-electron chi connectivity index (χ4n) is 1.52. The van der Waals surface area contributed by atoms with Crippen LogP contribution in [0.3, 0.4) is 0 Å². The number of carbonyl (C=O) groups excluding carboxylic acids is 1. The maximum absolute atomic E-state index is 11.3. The number of hydrogen-bond donors (Lipinski definition) is 1. The lowest BCUT2D eigenvalue weighted by molar-refractivity contribution is -0.126. The molecule has 0 spiro atoms. The molecule has 1 heterocycles. The van der Waals surface area contributed by atoms with E-state index in [4.69, 9.17) is 0 Å². The van der Waals surface area contributed by atoms with Crippen LogP contribution in [0, 0.1) is 5.92 Å². The lowest BCUT2D eigenvalue weighted by Crippen LogP contribution is -2.36. The van der Waals surface area contributed by atoms with Gasteiger partial charge in [0.15, 0.2) is 0 Å². The molecule has 0 aromatic rings. The van der Waals surface area contributed by atoms with Gasteiger partial charge in [-0.2, -0.15) is 0 Å². The third-order valence-corrected chi connectivity index (χ3v) is 2.43. The summed E-state index contributed by atoms with van der Waals surface area (Å²) in [7, 11) is 0. The van der Waals surface area contributed by atoms with Crippen molar-refractivity contribution in [1.29, 1.82) is 0 Å². The maximum Gasteiger partial charge on any atom is 0.223 e. The first-order valence-electron chi connectivity index (χ1n) is 4.68. The summed E-state index contributed by atoms with van der Waals surface area (Å²) in [5.74, 6) is 0.419. The molecule has 1 N–H and O–H groups in total. The number of allylic oxidation sites excluding steroid dienone is 1. The van der Waals surface area contributed by atoms with Crippen LogP contribution < -0.4 is 5.32 Å². The summed E-state index contributed by atoms with van der Waals surface area (Å²) >= 11 is 0. The monoisotopic (exact) mass is 167 g/mol. The standard InChI is InChI=1S/C10H17NO/c1-3-8(2)7-9-5-4-6-11-10(9)12/h9H,2-7H2,1H3,(H,11,12). The van der Waals surface area contributed by atoms with Gasteiger partial charge in [-0.3, -0.25) is 4.79 Å². The Balaban J connectivity index is 2.39. The molecule has 0 aromatic heterocycles. The Morgan fingerprint density at radius 1 is 1.75 bits per heavy atom. The normalized spacial score (nSPS) is 23.4. The van der Waals surface area contributed by atoms with Crippen molar-refractivity contribution < 1.29 is 4.79 Å². The van der Waals surface area contributed by atoms with Crippen LogP contribution in [0.25, 0.3) is 0 Å². The number of hydrogen-bond acceptors (Lipinski definition) is 1. The molecule has 0 aromatic carbocycles. The number of nitrogens with one attached hydrogen (secondary N) is 1. The summed E-state index contributed by atoms with van der Waals surface area (Å²) < 4.78 is 0. The Labute approximate surface area is 74.0 Å². The second kappa shape index (κ2) is 4.29. The molecular weight excluding hydrogens is 150 g/mol. The van der Waals surface area contributed by atoms with Crippen molar-refractivity contribution >= 4 is 5.91 Å². The summed E-state index contributed by atoms with van der Waals surface area (Å²) in [5, 5.41) is 2.88. The predicted octanol–water partition coefficient (Wildman–Crippen LogP) is 1.87. The first kappa shape index (κ1) is 9.30. The van der Waals surface area contributed by atoms with Crippen molar-refractivity contribution in [3.8, 4) is 0 Å². The Morgan fingerprint density at radius 2 is 2.50 bits per heavy atom. The van der Waals surface area contributed by atoms with Gasteiger partial charge in [0, 0.05) is 12.5 Å². The van der Waals surface area contributed by atoms with Crippen LogP contribution in [0.2, 0.25) is 0 Å². The first-order valence-corrected chi connectivity index (χ1v) is 4.68. The molecule has 0 bridgehead atoms. The van der Waals surface area contributed by atoms with Crippen molar-refractivity contribution in [3.05, 3.63) is 12.2 Å². The summed E-state index contributed by atoms with van der Waals surface area (Å²) in [6.07, 6.45) is 4.02. The molecule has 0 saturated carbocycles. The second-order valence-electron chi connectivity index (χ2n) is 3.44. The van der Waals surface area contributed by atoms with Crippen molar-refractivity contribution in [3.63, 3.8) is 0 Å². The molecular formula is C10H17NO. The third kappa shape index (κ3) is 2.36. The number of piperidine rings is 1. The summed E-state index contributed by atoms with van der Waals surface area (Å²) in [5.41, 5.74) is 1.19. The molecule has 2 heteroatoms. The molecule has 1 fully saturated rings. The van der Waals surface area contributed by atoms with E-state index in [1.54, 1.807) is 0 Å². The molecule has 68 valence electrons. The number of carbonyl (C=O) groups is 1. The average Bonchev–Trinajstić information content (AvgIpc) is 2.09. The van der Waals surface area contributed by atoms with E-state index in [1.807, 2.05) is 0 Å². The molecule has 12 heavy (non-hydrogen) atoms. The highest BCUT2D eigenvalue weighted by molar-refractivity contribution is 5.79. The zero-order chi connectivity index (χ0) is 8.97. The lowest BCUT2D eigenvalue weighted by atomic mass is 9.91. The average molecular weight is 167 g/mol. The molecule has 1 aliphatic rings. The van der Waals surface area contributed by atoms with Crippen LogP contribution in [0.4, 0.5) is 0 Å². The molecule has 2 nitrogen and oxygen atoms in total. The van der Waals surface area contributed by atoms with E-state index in [9.17, 15) is 4.79 Å². The van der Waals surface area contributed by atoms with Gasteiger partial charge in [0.1, 0.15) is 0 Å². The van der Waals surface area contributed by atoms with Crippen LogP contribution in [-0.4, -0.2) is 12.5 Å². The van der Waals surface area contributed by atoms with E-state index in [2.05, 4.69) is 18.8 Å². The Bertz CT molecular complexity index is 186. The van der Waals surface area contributed by atoms with Crippen LogP contribution in [0.5, 0.6) is 0 Å². The van der Waals surface area contributed by atoms with Gasteiger partial charge in [-0.05, 0) is 25.7 Å². The van der Waals surface area contributed by atoms with Gasteiger partial charge in [-0.1, -0.05) is 19.1 Å². The summed E-state index contributed by atoms with van der Waals surface area (Å²) in [6, 6.07) is 0. The van der Waals surface area contributed by atoms with Gasteiger partial charge in [0.25, 0.3) is 0 Å². The van der Waals surface area contributed by atoms with Crippen LogP contribution in [-0.2, 0) is 4.79 Å². The van der Waals surface area contributed by atoms with Gasteiger partial charge in [-0.25, -0.2) is 0 Å². The summed E-state index contributed by atoms with van der Waals surface area (Å²) in [6.45, 7) is 6.86. The first-order chi connectivity index (χ1) is 5.74. The minimum atomic E-state index is 0.200. The van der Waals surface area contributed by atoms with E-state index in [0.717, 1.165) is 32.2 Å². The second-order valence-corrected chi connectivity index (χ2v) is 3.44.